The fourth-order valence-electron chi connectivity index (χ4n) is 3.17. The highest BCUT2D eigenvalue weighted by atomic mass is 16.7. The average molecular weight is 489 g/mol. The summed E-state index contributed by atoms with van der Waals surface area (Å²) < 4.78 is 27.0. The van der Waals surface area contributed by atoms with Crippen LogP contribution in [-0.2, 0) is 19.1 Å². The molecular weight excluding hydrogens is 456 g/mol. The lowest BCUT2D eigenvalue weighted by Gasteiger charge is -2.29. The smallest absolute Gasteiger partial charge is 0.328 e. The van der Waals surface area contributed by atoms with Crippen LogP contribution < -0.4 is 19.5 Å². The van der Waals surface area contributed by atoms with Crippen LogP contribution in [0.25, 0.3) is 0 Å². The Morgan fingerprint density at radius 1 is 1.03 bits per heavy atom. The summed E-state index contributed by atoms with van der Waals surface area (Å²) >= 11 is 0. The molecule has 35 heavy (non-hydrogen) atoms. The number of aromatic nitrogens is 1. The molecule has 0 unspecified atom stereocenters. The van der Waals surface area contributed by atoms with E-state index in [0.717, 1.165) is 0 Å². The van der Waals surface area contributed by atoms with Crippen molar-refractivity contribution in [3.63, 3.8) is 0 Å². The first-order chi connectivity index (χ1) is 16.6. The van der Waals surface area contributed by atoms with Gasteiger partial charge in [-0.05, 0) is 31.9 Å². The highest BCUT2D eigenvalue weighted by molar-refractivity contribution is 5.98. The molecule has 0 saturated carbocycles. The molecular formula is C25H32N2O8. The maximum atomic E-state index is 12.9. The number of nitrogens with zero attached hydrogens (tertiary/aromatic N) is 1. The molecule has 2 rings (SSSR count). The van der Waals surface area contributed by atoms with E-state index in [1.165, 1.54) is 33.2 Å². The summed E-state index contributed by atoms with van der Waals surface area (Å²) in [6.07, 6.45) is 0.372. The van der Waals surface area contributed by atoms with Gasteiger partial charge in [-0.15, -0.1) is 0 Å². The Bertz CT molecular complexity index is 996. The molecule has 0 bridgehead atoms. The summed E-state index contributed by atoms with van der Waals surface area (Å²) in [7, 11) is 1.39. The number of hydrogen-bond donors (Lipinski definition) is 1. The monoisotopic (exact) mass is 488 g/mol. The molecule has 1 heterocycles. The number of para-hydroxylation sites is 1. The van der Waals surface area contributed by atoms with Gasteiger partial charge in [-0.25, -0.2) is 9.78 Å². The van der Waals surface area contributed by atoms with Crippen molar-refractivity contribution in [1.29, 1.82) is 0 Å². The van der Waals surface area contributed by atoms with Crippen LogP contribution in [0, 0.1) is 5.92 Å². The Morgan fingerprint density at radius 2 is 1.71 bits per heavy atom. The van der Waals surface area contributed by atoms with Crippen molar-refractivity contribution in [1.82, 2.24) is 10.3 Å². The van der Waals surface area contributed by atoms with E-state index in [1.54, 1.807) is 6.92 Å². The summed E-state index contributed by atoms with van der Waals surface area (Å²) in [6.45, 7) is 7.95. The molecule has 0 saturated heterocycles. The average Bonchev–Trinajstić information content (AvgIpc) is 2.82. The number of esters is 2. The number of pyridine rings is 1. The first-order valence-corrected chi connectivity index (χ1v) is 11.2. The molecule has 10 heteroatoms. The van der Waals surface area contributed by atoms with Crippen molar-refractivity contribution in [3.05, 3.63) is 48.3 Å². The molecule has 0 aliphatic rings. The van der Waals surface area contributed by atoms with Gasteiger partial charge in [0.1, 0.15) is 24.0 Å². The number of carbonyl (C=O) groups is 3. The highest BCUT2D eigenvalue weighted by Gasteiger charge is 2.29. The Hall–Kier alpha value is -3.82. The largest absolute Gasteiger partial charge is 0.493 e. The van der Waals surface area contributed by atoms with E-state index in [1.807, 2.05) is 44.2 Å². The highest BCUT2D eigenvalue weighted by Crippen LogP contribution is 2.29. The molecule has 3 atom stereocenters. The van der Waals surface area contributed by atoms with E-state index in [0.29, 0.717) is 5.75 Å². The molecule has 1 aromatic heterocycles. The maximum absolute atomic E-state index is 12.9. The predicted molar refractivity (Wildman–Crippen MR) is 126 cm³/mol. The Balaban J connectivity index is 2.06. The molecule has 0 fully saturated rings. The van der Waals surface area contributed by atoms with Crippen LogP contribution in [-0.4, -0.2) is 55.0 Å². The van der Waals surface area contributed by atoms with Gasteiger partial charge in [0, 0.05) is 19.2 Å². The number of nitrogens with one attached hydrogen (secondary N) is 1. The zero-order valence-electron chi connectivity index (χ0n) is 20.8. The van der Waals surface area contributed by atoms with Gasteiger partial charge in [-0.1, -0.05) is 32.0 Å². The minimum Gasteiger partial charge on any atom is -0.493 e. The van der Waals surface area contributed by atoms with Gasteiger partial charge in [0.25, 0.3) is 5.91 Å². The second kappa shape index (κ2) is 13.2. The van der Waals surface area contributed by atoms with Crippen LogP contribution in [0.5, 0.6) is 17.2 Å². The molecule has 0 aliphatic heterocycles. The van der Waals surface area contributed by atoms with Gasteiger partial charge in [-0.3, -0.25) is 9.59 Å². The van der Waals surface area contributed by atoms with Crippen LogP contribution in [0.2, 0.25) is 0 Å². The number of amides is 1. The molecule has 0 spiro atoms. The van der Waals surface area contributed by atoms with E-state index in [9.17, 15) is 14.4 Å². The van der Waals surface area contributed by atoms with Gasteiger partial charge < -0.3 is 29.0 Å². The lowest BCUT2D eigenvalue weighted by molar-refractivity contribution is -0.156. The van der Waals surface area contributed by atoms with Crippen molar-refractivity contribution in [2.75, 3.05) is 13.9 Å². The lowest BCUT2D eigenvalue weighted by atomic mass is 10.0. The van der Waals surface area contributed by atoms with Crippen LogP contribution in [0.3, 0.4) is 0 Å². The minimum atomic E-state index is -0.996. The molecule has 0 aliphatic carbocycles. The predicted octanol–water partition coefficient (Wildman–Crippen LogP) is 3.14. The molecule has 1 N–H and O–H groups in total. The fourth-order valence-corrected chi connectivity index (χ4v) is 3.17. The van der Waals surface area contributed by atoms with Crippen LogP contribution in [0.15, 0.2) is 42.6 Å². The van der Waals surface area contributed by atoms with Gasteiger partial charge in [0.2, 0.25) is 6.79 Å². The van der Waals surface area contributed by atoms with Crippen molar-refractivity contribution in [3.8, 4) is 17.2 Å². The fraction of sp³-hybridized carbons (Fsp3) is 0.440. The molecule has 1 aromatic carbocycles. The first-order valence-electron chi connectivity index (χ1n) is 11.2. The van der Waals surface area contributed by atoms with Crippen molar-refractivity contribution in [2.24, 2.45) is 5.92 Å². The first kappa shape index (κ1) is 27.4. The summed E-state index contributed by atoms with van der Waals surface area (Å²) in [5, 5.41) is 2.55. The van der Waals surface area contributed by atoms with Crippen molar-refractivity contribution >= 4 is 17.8 Å². The third kappa shape index (κ3) is 8.16. The van der Waals surface area contributed by atoms with E-state index in [-0.39, 0.29) is 23.1 Å². The Kier molecular flexibility index (Phi) is 10.3. The van der Waals surface area contributed by atoms with E-state index < -0.39 is 42.9 Å². The quantitative estimate of drug-likeness (QED) is 0.355. The number of hydrogen-bond acceptors (Lipinski definition) is 9. The Morgan fingerprint density at radius 3 is 2.31 bits per heavy atom. The third-order valence-electron chi connectivity index (χ3n) is 4.91. The topological polar surface area (TPSA) is 122 Å². The zero-order chi connectivity index (χ0) is 26.0. The second-order valence-electron chi connectivity index (χ2n) is 8.07. The number of carbonyl (C=O) groups excluding carboxylic acids is 3. The number of ether oxygens (including phenoxy) is 5. The van der Waals surface area contributed by atoms with E-state index >= 15 is 0 Å². The number of methoxy groups -OCH3 is 1. The summed E-state index contributed by atoms with van der Waals surface area (Å²) in [5.41, 5.74) is -0.142. The van der Waals surface area contributed by atoms with E-state index in [4.69, 9.17) is 23.7 Å². The van der Waals surface area contributed by atoms with E-state index in [2.05, 4.69) is 10.3 Å². The SMILES string of the molecule is COc1ccnc(C(=O)N[C@H](C)C(=O)O[C@@H](C)[C@H](Oc2ccccc2)C(C)C)c1OCOC(C)=O. The second-order valence-corrected chi connectivity index (χ2v) is 8.07. The standard InChI is InChI=1S/C25H32N2O8/c1-15(2)22(35-19-10-8-7-9-11-19)17(4)34-25(30)16(3)27-24(29)21-23(33-14-32-18(5)28)20(31-6)12-13-26-21/h7-13,15-17,22H,14H2,1-6H3,(H,27,29)/t16-,17+,22-/m1/s1. The Labute approximate surface area is 204 Å². The van der Waals surface area contributed by atoms with Gasteiger partial charge >= 0.3 is 11.9 Å². The molecule has 10 nitrogen and oxygen atoms in total. The van der Waals surface area contributed by atoms with Crippen molar-refractivity contribution < 1.29 is 38.1 Å². The molecule has 2 aromatic rings. The summed E-state index contributed by atoms with van der Waals surface area (Å²) in [6, 6.07) is 9.75. The third-order valence-corrected chi connectivity index (χ3v) is 4.91. The molecule has 190 valence electrons. The van der Waals surface area contributed by atoms with Crippen molar-refractivity contribution in [2.45, 2.75) is 52.9 Å². The number of benzene rings is 1. The normalized spacial score (nSPS) is 13.2. The van der Waals surface area contributed by atoms with Gasteiger partial charge in [0.15, 0.2) is 17.2 Å². The molecule has 0 radical (unpaired) electrons. The van der Waals surface area contributed by atoms with Gasteiger partial charge in [0.05, 0.1) is 7.11 Å². The zero-order valence-corrected chi connectivity index (χ0v) is 20.8. The maximum Gasteiger partial charge on any atom is 0.328 e. The molecule has 1 amide bonds. The van der Waals surface area contributed by atoms with Crippen LogP contribution in [0.1, 0.15) is 45.1 Å². The lowest BCUT2D eigenvalue weighted by Crippen LogP contribution is -2.44. The van der Waals surface area contributed by atoms with Gasteiger partial charge in [-0.2, -0.15) is 0 Å². The summed E-state index contributed by atoms with van der Waals surface area (Å²) in [4.78, 5) is 40.6. The van der Waals surface area contributed by atoms with Crippen LogP contribution >= 0.6 is 0 Å². The van der Waals surface area contributed by atoms with Crippen LogP contribution in [0.4, 0.5) is 0 Å². The minimum absolute atomic E-state index is 0.0289. The summed E-state index contributed by atoms with van der Waals surface area (Å²) in [5.74, 6) is -0.988. The number of rotatable bonds is 12.